The molecule has 0 unspecified atom stereocenters. The minimum atomic E-state index is 0.766. The van der Waals surface area contributed by atoms with E-state index >= 15 is 0 Å². The summed E-state index contributed by atoms with van der Waals surface area (Å²) in [5.74, 6) is 0. The molecule has 0 amide bonds. The molecule has 1 aromatic heterocycles. The molecule has 0 aliphatic heterocycles. The van der Waals surface area contributed by atoms with E-state index in [0.717, 1.165) is 28.0 Å². The third kappa shape index (κ3) is 1.59. The topological polar surface area (TPSA) is 24.9 Å². The lowest BCUT2D eigenvalue weighted by Gasteiger charge is -2.07. The zero-order valence-electron chi connectivity index (χ0n) is 7.92. The van der Waals surface area contributed by atoms with Crippen LogP contribution in [0.15, 0.2) is 30.5 Å². The highest BCUT2D eigenvalue weighted by Gasteiger charge is 2.04. The molecule has 0 aliphatic rings. The number of hydrogen-bond donors (Lipinski definition) is 1. The SMILES string of the molecule is CNCc1c(Cl)ccc2ncccc12. The van der Waals surface area contributed by atoms with Gasteiger partial charge in [0.25, 0.3) is 0 Å². The van der Waals surface area contributed by atoms with E-state index in [4.69, 9.17) is 11.6 Å². The van der Waals surface area contributed by atoms with Gasteiger partial charge in [0.05, 0.1) is 5.52 Å². The standard InChI is InChI=1S/C11H11ClN2/c1-13-7-9-8-3-2-6-14-11(8)5-4-10(9)12/h2-6,13H,7H2,1H3. The quantitative estimate of drug-likeness (QED) is 0.817. The number of benzene rings is 1. The Bertz CT molecular complexity index is 454. The second-order valence-electron chi connectivity index (χ2n) is 3.13. The summed E-state index contributed by atoms with van der Waals surface area (Å²) in [5.41, 5.74) is 2.10. The van der Waals surface area contributed by atoms with Crippen molar-refractivity contribution in [2.24, 2.45) is 0 Å². The molecule has 2 rings (SSSR count). The van der Waals surface area contributed by atoms with Crippen LogP contribution in [-0.2, 0) is 6.54 Å². The lowest BCUT2D eigenvalue weighted by atomic mass is 10.1. The van der Waals surface area contributed by atoms with Crippen molar-refractivity contribution in [2.75, 3.05) is 7.05 Å². The smallest absolute Gasteiger partial charge is 0.0706 e. The molecule has 14 heavy (non-hydrogen) atoms. The number of hydrogen-bond acceptors (Lipinski definition) is 2. The fourth-order valence-corrected chi connectivity index (χ4v) is 1.77. The Balaban J connectivity index is 2.69. The van der Waals surface area contributed by atoms with Crippen LogP contribution < -0.4 is 5.32 Å². The molecule has 1 heterocycles. The lowest BCUT2D eigenvalue weighted by Crippen LogP contribution is -2.06. The number of nitrogens with zero attached hydrogens (tertiary/aromatic N) is 1. The van der Waals surface area contributed by atoms with Crippen LogP contribution in [0.4, 0.5) is 0 Å². The average Bonchev–Trinajstić information content (AvgIpc) is 2.23. The first-order chi connectivity index (χ1) is 6.83. The monoisotopic (exact) mass is 206 g/mol. The molecule has 0 spiro atoms. The van der Waals surface area contributed by atoms with Crippen LogP contribution in [0.5, 0.6) is 0 Å². The van der Waals surface area contributed by atoms with Crippen molar-refractivity contribution >= 4 is 22.5 Å². The van der Waals surface area contributed by atoms with Crippen LogP contribution in [-0.4, -0.2) is 12.0 Å². The van der Waals surface area contributed by atoms with Crippen LogP contribution in [0.25, 0.3) is 10.9 Å². The number of aromatic nitrogens is 1. The molecule has 0 radical (unpaired) electrons. The Morgan fingerprint density at radius 3 is 3.00 bits per heavy atom. The summed E-state index contributed by atoms with van der Waals surface area (Å²) in [6.07, 6.45) is 1.79. The third-order valence-electron chi connectivity index (χ3n) is 2.19. The van der Waals surface area contributed by atoms with Crippen molar-refractivity contribution in [3.63, 3.8) is 0 Å². The predicted octanol–water partition coefficient (Wildman–Crippen LogP) is 2.61. The van der Waals surface area contributed by atoms with E-state index in [1.165, 1.54) is 0 Å². The maximum Gasteiger partial charge on any atom is 0.0706 e. The molecule has 1 N–H and O–H groups in total. The van der Waals surface area contributed by atoms with Gasteiger partial charge in [0.2, 0.25) is 0 Å². The number of pyridine rings is 1. The Morgan fingerprint density at radius 1 is 1.36 bits per heavy atom. The van der Waals surface area contributed by atoms with Gasteiger partial charge >= 0.3 is 0 Å². The highest BCUT2D eigenvalue weighted by molar-refractivity contribution is 6.32. The number of rotatable bonds is 2. The average molecular weight is 207 g/mol. The summed E-state index contributed by atoms with van der Waals surface area (Å²) < 4.78 is 0. The molecule has 0 saturated heterocycles. The van der Waals surface area contributed by atoms with Crippen LogP contribution >= 0.6 is 11.6 Å². The van der Waals surface area contributed by atoms with Gasteiger partial charge in [-0.05, 0) is 30.8 Å². The second kappa shape index (κ2) is 3.95. The first-order valence-corrected chi connectivity index (χ1v) is 4.87. The highest BCUT2D eigenvalue weighted by atomic mass is 35.5. The van der Waals surface area contributed by atoms with Gasteiger partial charge in [-0.25, -0.2) is 0 Å². The molecule has 0 saturated carbocycles. The molecular formula is C11H11ClN2. The molecule has 0 atom stereocenters. The van der Waals surface area contributed by atoms with Crippen molar-refractivity contribution in [1.82, 2.24) is 10.3 Å². The van der Waals surface area contributed by atoms with E-state index in [1.54, 1.807) is 6.20 Å². The summed E-state index contributed by atoms with van der Waals surface area (Å²) in [7, 11) is 1.91. The lowest BCUT2D eigenvalue weighted by molar-refractivity contribution is 0.823. The summed E-state index contributed by atoms with van der Waals surface area (Å²) in [5, 5.41) is 5.02. The van der Waals surface area contributed by atoms with Gasteiger partial charge in [-0.15, -0.1) is 0 Å². The van der Waals surface area contributed by atoms with Gasteiger partial charge in [-0.1, -0.05) is 17.7 Å². The third-order valence-corrected chi connectivity index (χ3v) is 2.55. The zero-order chi connectivity index (χ0) is 9.97. The van der Waals surface area contributed by atoms with E-state index in [1.807, 2.05) is 31.3 Å². The van der Waals surface area contributed by atoms with E-state index in [-0.39, 0.29) is 0 Å². The zero-order valence-corrected chi connectivity index (χ0v) is 8.67. The van der Waals surface area contributed by atoms with E-state index in [9.17, 15) is 0 Å². The first-order valence-electron chi connectivity index (χ1n) is 4.49. The molecule has 1 aromatic carbocycles. The van der Waals surface area contributed by atoms with Crippen molar-refractivity contribution in [3.8, 4) is 0 Å². The second-order valence-corrected chi connectivity index (χ2v) is 3.53. The largest absolute Gasteiger partial charge is 0.316 e. The number of fused-ring (bicyclic) bond motifs is 1. The summed E-state index contributed by atoms with van der Waals surface area (Å²) in [6.45, 7) is 0.766. The van der Waals surface area contributed by atoms with Gasteiger partial charge in [0, 0.05) is 23.2 Å². The van der Waals surface area contributed by atoms with Gasteiger partial charge in [0.15, 0.2) is 0 Å². The van der Waals surface area contributed by atoms with Crippen LogP contribution in [0, 0.1) is 0 Å². The summed E-state index contributed by atoms with van der Waals surface area (Å²) in [4.78, 5) is 4.28. The van der Waals surface area contributed by atoms with Gasteiger partial charge < -0.3 is 5.32 Å². The highest BCUT2D eigenvalue weighted by Crippen LogP contribution is 2.24. The van der Waals surface area contributed by atoms with Crippen molar-refractivity contribution in [3.05, 3.63) is 41.0 Å². The maximum atomic E-state index is 6.11. The van der Waals surface area contributed by atoms with E-state index in [0.29, 0.717) is 0 Å². The maximum absolute atomic E-state index is 6.11. The molecule has 0 fully saturated rings. The molecule has 2 nitrogen and oxygen atoms in total. The van der Waals surface area contributed by atoms with Crippen molar-refractivity contribution in [1.29, 1.82) is 0 Å². The van der Waals surface area contributed by atoms with Crippen LogP contribution in [0.2, 0.25) is 5.02 Å². The van der Waals surface area contributed by atoms with E-state index in [2.05, 4.69) is 10.3 Å². The Morgan fingerprint density at radius 2 is 2.21 bits per heavy atom. The van der Waals surface area contributed by atoms with Gasteiger partial charge in [-0.3, -0.25) is 4.98 Å². The minimum Gasteiger partial charge on any atom is -0.316 e. The normalized spacial score (nSPS) is 10.7. The van der Waals surface area contributed by atoms with Crippen LogP contribution in [0.1, 0.15) is 5.56 Å². The Hall–Kier alpha value is -1.12. The first kappa shape index (κ1) is 9.44. The van der Waals surface area contributed by atoms with Crippen molar-refractivity contribution < 1.29 is 0 Å². The number of nitrogens with one attached hydrogen (secondary N) is 1. The predicted molar refractivity (Wildman–Crippen MR) is 59.5 cm³/mol. The molecule has 0 aliphatic carbocycles. The summed E-state index contributed by atoms with van der Waals surface area (Å²) in [6, 6.07) is 7.80. The van der Waals surface area contributed by atoms with Gasteiger partial charge in [0.1, 0.15) is 0 Å². The summed E-state index contributed by atoms with van der Waals surface area (Å²) >= 11 is 6.11. The fraction of sp³-hybridized carbons (Fsp3) is 0.182. The minimum absolute atomic E-state index is 0.766. The Kier molecular flexibility index (Phi) is 2.66. The molecule has 0 bridgehead atoms. The molecule has 3 heteroatoms. The Labute approximate surface area is 87.9 Å². The van der Waals surface area contributed by atoms with E-state index < -0.39 is 0 Å². The van der Waals surface area contributed by atoms with Gasteiger partial charge in [-0.2, -0.15) is 0 Å². The fourth-order valence-electron chi connectivity index (χ4n) is 1.54. The number of halogens is 1. The van der Waals surface area contributed by atoms with Crippen LogP contribution in [0.3, 0.4) is 0 Å². The van der Waals surface area contributed by atoms with Crippen molar-refractivity contribution in [2.45, 2.75) is 6.54 Å². The molecule has 2 aromatic rings. The molecular weight excluding hydrogens is 196 g/mol. The molecule has 72 valence electrons.